The molecule has 0 aromatic rings. The van der Waals surface area contributed by atoms with E-state index in [4.69, 9.17) is 14.6 Å². The second kappa shape index (κ2) is 4.33. The van der Waals surface area contributed by atoms with E-state index in [0.29, 0.717) is 0 Å². The van der Waals surface area contributed by atoms with Gasteiger partial charge in [0.2, 0.25) is 0 Å². The second-order valence-corrected chi connectivity index (χ2v) is 3.24. The number of rotatable bonds is 2. The van der Waals surface area contributed by atoms with Crippen molar-refractivity contribution in [2.24, 2.45) is 0 Å². The molecule has 0 amide bonds. The van der Waals surface area contributed by atoms with E-state index >= 15 is 0 Å². The van der Waals surface area contributed by atoms with Gasteiger partial charge in [-0.2, -0.15) is 0 Å². The third kappa shape index (κ3) is 1.94. The lowest BCUT2D eigenvalue weighted by Crippen LogP contribution is -2.59. The van der Waals surface area contributed by atoms with Crippen LogP contribution in [0.5, 0.6) is 0 Å². The predicted molar refractivity (Wildman–Crippen MR) is 44.4 cm³/mol. The van der Waals surface area contributed by atoms with E-state index < -0.39 is 30.7 Å². The van der Waals surface area contributed by atoms with Crippen LogP contribution in [0.25, 0.3) is 0 Å². The Labute approximate surface area is 81.1 Å². The molecule has 1 saturated heterocycles. The van der Waals surface area contributed by atoms with Gasteiger partial charge < -0.3 is 24.8 Å². The molecule has 14 heavy (non-hydrogen) atoms. The summed E-state index contributed by atoms with van der Waals surface area (Å²) in [6.07, 6.45) is -6.36. The molecular formula is C8H14O6. The fourth-order valence-electron chi connectivity index (χ4n) is 1.44. The minimum absolute atomic E-state index is 0.373. The van der Waals surface area contributed by atoms with Crippen LogP contribution in [0.15, 0.2) is 0 Å². The van der Waals surface area contributed by atoms with E-state index in [0.717, 1.165) is 0 Å². The molecule has 1 aliphatic heterocycles. The number of ether oxygens (including phenoxy) is 2. The summed E-state index contributed by atoms with van der Waals surface area (Å²) in [4.78, 5) is 11.1. The highest BCUT2D eigenvalue weighted by Crippen LogP contribution is 2.22. The van der Waals surface area contributed by atoms with E-state index in [9.17, 15) is 15.0 Å². The van der Waals surface area contributed by atoms with Crippen LogP contribution in [0.4, 0.5) is 0 Å². The Balaban J connectivity index is 2.82. The van der Waals surface area contributed by atoms with Crippen LogP contribution < -0.4 is 0 Å². The first-order chi connectivity index (χ1) is 6.49. The maximum Gasteiger partial charge on any atom is 0.184 e. The number of hydrogen-bond donors (Lipinski definition) is 3. The van der Waals surface area contributed by atoms with Crippen molar-refractivity contribution in [3.05, 3.63) is 0 Å². The number of carbonyl (C=O) groups excluding carboxylic acids is 1. The molecule has 0 saturated carbocycles. The minimum Gasteiger partial charge on any atom is -0.387 e. The number of methoxy groups -OCH3 is 1. The molecule has 1 heterocycles. The zero-order chi connectivity index (χ0) is 10.9. The van der Waals surface area contributed by atoms with Crippen LogP contribution in [-0.4, -0.2) is 58.9 Å². The Hall–Kier alpha value is -0.530. The highest BCUT2D eigenvalue weighted by molar-refractivity contribution is 5.81. The van der Waals surface area contributed by atoms with Gasteiger partial charge in [0.25, 0.3) is 0 Å². The summed E-state index contributed by atoms with van der Waals surface area (Å²) >= 11 is 0. The Morgan fingerprint density at radius 3 is 2.29 bits per heavy atom. The highest BCUT2D eigenvalue weighted by atomic mass is 16.6. The predicted octanol–water partition coefficient (Wildman–Crippen LogP) is -1.97. The minimum atomic E-state index is -1.56. The second-order valence-electron chi connectivity index (χ2n) is 3.24. The van der Waals surface area contributed by atoms with Crippen LogP contribution in [0.1, 0.15) is 6.92 Å². The summed E-state index contributed by atoms with van der Waals surface area (Å²) in [6.45, 7) is 1.26. The Morgan fingerprint density at radius 1 is 1.29 bits per heavy atom. The molecule has 0 aliphatic carbocycles. The summed E-state index contributed by atoms with van der Waals surface area (Å²) in [5, 5.41) is 27.8. The van der Waals surface area contributed by atoms with Crippen molar-refractivity contribution in [2.45, 2.75) is 37.6 Å². The summed E-state index contributed by atoms with van der Waals surface area (Å²) in [6, 6.07) is 0. The topological polar surface area (TPSA) is 96.2 Å². The number of hydrogen-bond acceptors (Lipinski definition) is 6. The number of Topliss-reactive ketones (excluding diaryl/α,β-unsaturated/α-hetero) is 1. The van der Waals surface area contributed by atoms with Gasteiger partial charge in [-0.1, -0.05) is 0 Å². The van der Waals surface area contributed by atoms with Gasteiger partial charge in [-0.05, 0) is 6.92 Å². The first-order valence-electron chi connectivity index (χ1n) is 4.22. The number of aliphatic hydroxyl groups excluding tert-OH is 3. The average molecular weight is 206 g/mol. The molecule has 6 nitrogen and oxygen atoms in total. The largest absolute Gasteiger partial charge is 0.387 e. The van der Waals surface area contributed by atoms with Crippen molar-refractivity contribution in [1.82, 2.24) is 0 Å². The zero-order valence-electron chi connectivity index (χ0n) is 7.95. The lowest BCUT2D eigenvalue weighted by molar-refractivity contribution is -0.278. The monoisotopic (exact) mass is 206 g/mol. The van der Waals surface area contributed by atoms with Crippen LogP contribution in [0, 0.1) is 0 Å². The molecule has 1 aliphatic rings. The maximum absolute atomic E-state index is 11.1. The van der Waals surface area contributed by atoms with Gasteiger partial charge in [-0.25, -0.2) is 0 Å². The van der Waals surface area contributed by atoms with Crippen molar-refractivity contribution < 1.29 is 29.6 Å². The number of aliphatic hydroxyl groups is 3. The summed E-state index contributed by atoms with van der Waals surface area (Å²) < 4.78 is 9.63. The van der Waals surface area contributed by atoms with Gasteiger partial charge in [0.15, 0.2) is 12.1 Å². The van der Waals surface area contributed by atoms with Crippen LogP contribution in [0.3, 0.4) is 0 Å². The van der Waals surface area contributed by atoms with Crippen LogP contribution >= 0.6 is 0 Å². The Morgan fingerprint density at radius 2 is 1.86 bits per heavy atom. The smallest absolute Gasteiger partial charge is 0.184 e. The van der Waals surface area contributed by atoms with E-state index in [1.54, 1.807) is 0 Å². The molecule has 0 aromatic heterocycles. The Bertz CT molecular complexity index is 218. The molecule has 5 atom stereocenters. The van der Waals surface area contributed by atoms with Crippen molar-refractivity contribution in [3.63, 3.8) is 0 Å². The van der Waals surface area contributed by atoms with E-state index in [1.807, 2.05) is 0 Å². The maximum atomic E-state index is 11.1. The van der Waals surface area contributed by atoms with Gasteiger partial charge in [-0.3, -0.25) is 4.79 Å². The van der Waals surface area contributed by atoms with Crippen molar-refractivity contribution in [3.8, 4) is 0 Å². The standard InChI is InChI=1S/C8H14O6/c1-3(9)6-7(13-2)4(10)5(11)8(12)14-6/h4-8,10-12H,1-2H3/t4-,5+,6+,7-,8-/m0/s1. The van der Waals surface area contributed by atoms with Crippen LogP contribution in [-0.2, 0) is 14.3 Å². The summed E-state index contributed by atoms with van der Waals surface area (Å²) in [5.41, 5.74) is 0. The summed E-state index contributed by atoms with van der Waals surface area (Å²) in [7, 11) is 1.29. The first kappa shape index (κ1) is 11.5. The molecule has 0 spiro atoms. The summed E-state index contributed by atoms with van der Waals surface area (Å²) in [5.74, 6) is -0.373. The van der Waals surface area contributed by atoms with E-state index in [1.165, 1.54) is 14.0 Å². The normalized spacial score (nSPS) is 43.6. The third-order valence-corrected chi connectivity index (χ3v) is 2.24. The van der Waals surface area contributed by atoms with E-state index in [2.05, 4.69) is 0 Å². The quantitative estimate of drug-likeness (QED) is 0.485. The van der Waals surface area contributed by atoms with Crippen molar-refractivity contribution in [1.29, 1.82) is 0 Å². The molecular weight excluding hydrogens is 192 g/mol. The van der Waals surface area contributed by atoms with Gasteiger partial charge in [0.05, 0.1) is 0 Å². The fraction of sp³-hybridized carbons (Fsp3) is 0.875. The molecule has 3 N–H and O–H groups in total. The lowest BCUT2D eigenvalue weighted by Gasteiger charge is -2.38. The fourth-order valence-corrected chi connectivity index (χ4v) is 1.44. The van der Waals surface area contributed by atoms with Gasteiger partial charge in [-0.15, -0.1) is 0 Å². The van der Waals surface area contributed by atoms with Crippen molar-refractivity contribution in [2.75, 3.05) is 7.11 Å². The molecule has 1 fully saturated rings. The first-order valence-corrected chi connectivity index (χ1v) is 4.22. The van der Waals surface area contributed by atoms with Gasteiger partial charge in [0, 0.05) is 7.11 Å². The third-order valence-electron chi connectivity index (χ3n) is 2.24. The number of carbonyl (C=O) groups is 1. The molecule has 0 bridgehead atoms. The molecule has 0 unspecified atom stereocenters. The SMILES string of the molecule is CO[C@H]1[C@@H](O)[C@@H](O)[C@@H](O)O[C@@H]1C(C)=O. The average Bonchev–Trinajstić information content (AvgIpc) is 2.13. The molecule has 1 rings (SSSR count). The zero-order valence-corrected chi connectivity index (χ0v) is 7.95. The van der Waals surface area contributed by atoms with Crippen LogP contribution in [0.2, 0.25) is 0 Å². The molecule has 6 heteroatoms. The number of ketones is 1. The lowest BCUT2D eigenvalue weighted by atomic mass is 9.96. The Kier molecular flexibility index (Phi) is 3.57. The molecule has 0 aromatic carbocycles. The van der Waals surface area contributed by atoms with Crippen molar-refractivity contribution >= 4 is 5.78 Å². The van der Waals surface area contributed by atoms with E-state index in [-0.39, 0.29) is 5.78 Å². The molecule has 0 radical (unpaired) electrons. The molecule has 82 valence electrons. The van der Waals surface area contributed by atoms with Gasteiger partial charge in [0.1, 0.15) is 24.4 Å². The van der Waals surface area contributed by atoms with Gasteiger partial charge >= 0.3 is 0 Å². The highest BCUT2D eigenvalue weighted by Gasteiger charge is 2.45.